The molecular weight excluding hydrogens is 346 g/mol. The van der Waals surface area contributed by atoms with Crippen LogP contribution in [0.1, 0.15) is 35.3 Å². The molecule has 0 saturated carbocycles. The Morgan fingerprint density at radius 2 is 2.11 bits per heavy atom. The van der Waals surface area contributed by atoms with Gasteiger partial charge in [0.2, 0.25) is 11.8 Å². The summed E-state index contributed by atoms with van der Waals surface area (Å²) in [5, 5.41) is 21.8. The molecule has 1 aliphatic rings. The molecule has 0 unspecified atom stereocenters. The lowest BCUT2D eigenvalue weighted by molar-refractivity contribution is -0.122. The topological polar surface area (TPSA) is 104 Å². The lowest BCUT2D eigenvalue weighted by Gasteiger charge is -2.22. The maximum absolute atomic E-state index is 12.5. The number of fused-ring (bicyclic) bond motifs is 1. The lowest BCUT2D eigenvalue weighted by atomic mass is 10.0. The van der Waals surface area contributed by atoms with Crippen molar-refractivity contribution in [1.82, 2.24) is 10.3 Å². The summed E-state index contributed by atoms with van der Waals surface area (Å²) in [6.45, 7) is 2.22. The number of hydrogen-bond acceptors (Lipinski definition) is 6. The number of aliphatic hydroxyl groups excluding tert-OH is 2. The lowest BCUT2D eigenvalue weighted by Crippen LogP contribution is -2.36. The number of benzene rings is 1. The van der Waals surface area contributed by atoms with E-state index in [-0.39, 0.29) is 25.5 Å². The maximum atomic E-state index is 12.5. The maximum Gasteiger partial charge on any atom is 0.226 e. The molecule has 142 valence electrons. The molecular formula is C20H23N3O4. The Morgan fingerprint density at radius 1 is 1.33 bits per heavy atom. The Hall–Kier alpha value is -2.77. The number of ether oxygens (including phenoxy) is 1. The fraction of sp³-hybridized carbons (Fsp3) is 0.350. The number of nitrogens with zero attached hydrogens (tertiary/aromatic N) is 2. The minimum atomic E-state index is -0.719. The summed E-state index contributed by atoms with van der Waals surface area (Å²) >= 11 is 0. The van der Waals surface area contributed by atoms with Crippen LogP contribution in [0.4, 0.5) is 0 Å². The zero-order chi connectivity index (χ0) is 19.2. The number of carbonyl (C=O) groups is 1. The van der Waals surface area contributed by atoms with E-state index in [0.717, 1.165) is 16.7 Å². The molecule has 1 aromatic heterocycles. The molecule has 0 fully saturated rings. The molecule has 0 aliphatic carbocycles. The summed E-state index contributed by atoms with van der Waals surface area (Å²) < 4.78 is 5.38. The second kappa shape index (κ2) is 8.75. The highest BCUT2D eigenvalue weighted by Gasteiger charge is 2.22. The van der Waals surface area contributed by atoms with Gasteiger partial charge < -0.3 is 20.3 Å². The van der Waals surface area contributed by atoms with Crippen molar-refractivity contribution < 1.29 is 19.7 Å². The number of pyridine rings is 1. The monoisotopic (exact) mass is 369 g/mol. The average Bonchev–Trinajstić information content (AvgIpc) is 3.07. The minimum Gasteiger partial charge on any atom is -0.475 e. The van der Waals surface area contributed by atoms with Crippen molar-refractivity contribution in [2.45, 2.75) is 32.0 Å². The van der Waals surface area contributed by atoms with Gasteiger partial charge in [-0.25, -0.2) is 4.99 Å². The van der Waals surface area contributed by atoms with E-state index < -0.39 is 12.1 Å². The molecule has 0 radical (unpaired) electrons. The van der Waals surface area contributed by atoms with Crippen LogP contribution in [0.15, 0.2) is 47.6 Å². The zero-order valence-corrected chi connectivity index (χ0v) is 15.1. The van der Waals surface area contributed by atoms with Gasteiger partial charge in [0.25, 0.3) is 0 Å². The van der Waals surface area contributed by atoms with Crippen molar-refractivity contribution in [3.63, 3.8) is 0 Å². The van der Waals surface area contributed by atoms with Gasteiger partial charge in [-0.2, -0.15) is 0 Å². The number of amides is 1. The van der Waals surface area contributed by atoms with Crippen molar-refractivity contribution in [1.29, 1.82) is 0 Å². The third kappa shape index (κ3) is 4.69. The first-order valence-corrected chi connectivity index (χ1v) is 8.87. The van der Waals surface area contributed by atoms with Gasteiger partial charge in [0.05, 0.1) is 43.0 Å². The van der Waals surface area contributed by atoms with Crippen LogP contribution in [-0.4, -0.2) is 46.3 Å². The largest absolute Gasteiger partial charge is 0.475 e. The molecule has 7 heteroatoms. The van der Waals surface area contributed by atoms with Gasteiger partial charge in [-0.15, -0.1) is 0 Å². The smallest absolute Gasteiger partial charge is 0.226 e. The molecule has 7 nitrogen and oxygen atoms in total. The third-order valence-corrected chi connectivity index (χ3v) is 4.30. The van der Waals surface area contributed by atoms with E-state index in [2.05, 4.69) is 15.3 Å². The zero-order valence-electron chi connectivity index (χ0n) is 15.1. The van der Waals surface area contributed by atoms with Crippen molar-refractivity contribution in [3.05, 3.63) is 65.0 Å². The molecule has 0 saturated heterocycles. The van der Waals surface area contributed by atoms with Crippen molar-refractivity contribution >= 4 is 11.8 Å². The van der Waals surface area contributed by atoms with E-state index in [1.54, 1.807) is 13.1 Å². The Kier molecular flexibility index (Phi) is 6.16. The molecule has 1 aliphatic heterocycles. The van der Waals surface area contributed by atoms with E-state index in [1.807, 2.05) is 36.4 Å². The molecule has 2 aromatic rings. The molecule has 0 spiro atoms. The van der Waals surface area contributed by atoms with E-state index in [9.17, 15) is 9.90 Å². The molecule has 3 rings (SSSR count). The fourth-order valence-corrected chi connectivity index (χ4v) is 3.01. The highest BCUT2D eigenvalue weighted by molar-refractivity contribution is 5.97. The Morgan fingerprint density at radius 3 is 2.81 bits per heavy atom. The van der Waals surface area contributed by atoms with Crippen LogP contribution < -0.4 is 5.32 Å². The number of rotatable bonds is 7. The molecule has 1 amide bonds. The van der Waals surface area contributed by atoms with Crippen LogP contribution in [0.5, 0.6) is 0 Å². The summed E-state index contributed by atoms with van der Waals surface area (Å²) in [6.07, 6.45) is 1.03. The van der Waals surface area contributed by atoms with E-state index in [4.69, 9.17) is 9.84 Å². The number of hydrogen-bond donors (Lipinski definition) is 3. The van der Waals surface area contributed by atoms with Gasteiger partial charge >= 0.3 is 0 Å². The Labute approximate surface area is 157 Å². The summed E-state index contributed by atoms with van der Waals surface area (Å²) in [7, 11) is 0. The number of aliphatic hydroxyl groups is 2. The normalized spacial score (nSPS) is 14.9. The average molecular weight is 369 g/mol. The van der Waals surface area contributed by atoms with Crippen LogP contribution >= 0.6 is 0 Å². The SMILES string of the molecule is C[C@H](O)[C@@H](NC(=O)Cc1cc2c(cn1)C(OCCO)=NC2)c1ccccc1. The number of nitrogens with one attached hydrogen (secondary N) is 1. The van der Waals surface area contributed by atoms with Crippen LogP contribution in [0, 0.1) is 0 Å². The summed E-state index contributed by atoms with van der Waals surface area (Å²) in [6, 6.07) is 10.7. The van der Waals surface area contributed by atoms with Crippen molar-refractivity contribution in [3.8, 4) is 0 Å². The predicted octanol–water partition coefficient (Wildman–Crippen LogP) is 1.13. The highest BCUT2D eigenvalue weighted by atomic mass is 16.5. The van der Waals surface area contributed by atoms with Crippen LogP contribution in [0.25, 0.3) is 0 Å². The first-order chi connectivity index (χ1) is 13.1. The first kappa shape index (κ1) is 19.0. The highest BCUT2D eigenvalue weighted by Crippen LogP contribution is 2.20. The Balaban J connectivity index is 1.65. The molecule has 27 heavy (non-hydrogen) atoms. The first-order valence-electron chi connectivity index (χ1n) is 8.87. The third-order valence-electron chi connectivity index (χ3n) is 4.30. The molecule has 1 aromatic carbocycles. The molecule has 2 heterocycles. The molecule has 3 N–H and O–H groups in total. The van der Waals surface area contributed by atoms with Gasteiger partial charge in [-0.3, -0.25) is 9.78 Å². The summed E-state index contributed by atoms with van der Waals surface area (Å²) in [4.78, 5) is 21.1. The molecule has 0 bridgehead atoms. The Bertz CT molecular complexity index is 821. The van der Waals surface area contributed by atoms with Crippen LogP contribution in [0.2, 0.25) is 0 Å². The number of carbonyl (C=O) groups excluding carboxylic acids is 1. The van der Waals surface area contributed by atoms with Crippen LogP contribution in [-0.2, 0) is 22.5 Å². The summed E-state index contributed by atoms with van der Waals surface area (Å²) in [5.41, 5.74) is 3.21. The van der Waals surface area contributed by atoms with E-state index >= 15 is 0 Å². The number of aromatic nitrogens is 1. The molecule has 2 atom stereocenters. The predicted molar refractivity (Wildman–Crippen MR) is 100 cm³/mol. The van der Waals surface area contributed by atoms with Gasteiger partial charge in [-0.1, -0.05) is 30.3 Å². The fourth-order valence-electron chi connectivity index (χ4n) is 3.01. The van der Waals surface area contributed by atoms with Crippen molar-refractivity contribution in [2.24, 2.45) is 4.99 Å². The van der Waals surface area contributed by atoms with Gasteiger partial charge in [0.1, 0.15) is 6.61 Å². The van der Waals surface area contributed by atoms with E-state index in [0.29, 0.717) is 18.1 Å². The van der Waals surface area contributed by atoms with Gasteiger partial charge in [0, 0.05) is 6.20 Å². The van der Waals surface area contributed by atoms with Crippen LogP contribution in [0.3, 0.4) is 0 Å². The summed E-state index contributed by atoms with van der Waals surface area (Å²) in [5.74, 6) is 0.258. The second-order valence-corrected chi connectivity index (χ2v) is 6.40. The van der Waals surface area contributed by atoms with Crippen molar-refractivity contribution in [2.75, 3.05) is 13.2 Å². The van der Waals surface area contributed by atoms with Gasteiger partial charge in [0.15, 0.2) is 0 Å². The number of aliphatic imine (C=N–C) groups is 1. The second-order valence-electron chi connectivity index (χ2n) is 6.40. The standard InChI is InChI=1S/C20H23N3O4/c1-13(25)19(14-5-3-2-4-6-14)23-18(26)10-16-9-15-11-22-20(27-8-7-24)17(15)12-21-16/h2-6,9,12-13,19,24-25H,7-8,10-11H2,1H3,(H,23,26)/t13-,19+/m0/s1. The minimum absolute atomic E-state index is 0.0775. The van der Waals surface area contributed by atoms with E-state index in [1.165, 1.54) is 0 Å². The van der Waals surface area contributed by atoms with Gasteiger partial charge in [-0.05, 0) is 24.1 Å². The quantitative estimate of drug-likeness (QED) is 0.679.